The van der Waals surface area contributed by atoms with Gasteiger partial charge in [-0.2, -0.15) is 0 Å². The Morgan fingerprint density at radius 1 is 1.35 bits per heavy atom. The maximum absolute atomic E-state index is 12.6. The van der Waals surface area contributed by atoms with Crippen molar-refractivity contribution in [1.82, 2.24) is 24.6 Å². The lowest BCUT2D eigenvalue weighted by Gasteiger charge is -2.36. The molecule has 2 atom stereocenters. The first-order chi connectivity index (χ1) is 11.0. The molecule has 2 aliphatic heterocycles. The Bertz CT molecular complexity index is 599. The third kappa shape index (κ3) is 3.08. The molecule has 2 N–H and O–H groups in total. The van der Waals surface area contributed by atoms with Crippen LogP contribution in [0.15, 0.2) is 6.33 Å². The number of likely N-dealkylation sites (tertiary alicyclic amines) is 2. The molecule has 0 spiro atoms. The summed E-state index contributed by atoms with van der Waals surface area (Å²) >= 11 is 0. The molecule has 1 aromatic rings. The molecule has 0 radical (unpaired) electrons. The molecule has 8 nitrogen and oxygen atoms in total. The van der Waals surface area contributed by atoms with E-state index >= 15 is 0 Å². The zero-order chi connectivity index (χ0) is 16.6. The zero-order valence-corrected chi connectivity index (χ0v) is 13.7. The second kappa shape index (κ2) is 6.27. The average molecular weight is 320 g/mol. The third-order valence-corrected chi connectivity index (χ3v) is 4.81. The summed E-state index contributed by atoms with van der Waals surface area (Å²) in [5.74, 6) is -0.336. The Labute approximate surface area is 135 Å². The Kier molecular flexibility index (Phi) is 4.34. The topological polar surface area (TPSA) is 97.3 Å². The molecule has 0 bridgehead atoms. The predicted molar refractivity (Wildman–Crippen MR) is 83.6 cm³/mol. The minimum Gasteiger partial charge on any atom is -0.363 e. The molecule has 2 fully saturated rings. The Hall–Kier alpha value is -1.96. The van der Waals surface area contributed by atoms with Crippen molar-refractivity contribution in [2.45, 2.75) is 51.2 Å². The SMILES string of the molecule is CC(C)N1CC[C@@H](N2CCC[C@H](n3cnc(C(N)=O)n3)C2)C1=O. The standard InChI is InChI=1S/C15H24N6O2/c1-10(2)20-7-5-12(15(20)23)19-6-3-4-11(8-19)21-9-17-14(18-21)13(16)22/h9-12H,3-8H2,1-2H3,(H2,16,22)/t11-,12+/m0/s1. The van der Waals surface area contributed by atoms with Crippen molar-refractivity contribution in [3.8, 4) is 0 Å². The molecule has 8 heteroatoms. The number of carbonyl (C=O) groups excluding carboxylic acids is 2. The van der Waals surface area contributed by atoms with Gasteiger partial charge in [0.1, 0.15) is 6.33 Å². The largest absolute Gasteiger partial charge is 0.363 e. The average Bonchev–Trinajstić information content (AvgIpc) is 3.14. The first kappa shape index (κ1) is 15.9. The van der Waals surface area contributed by atoms with Crippen LogP contribution in [0.4, 0.5) is 0 Å². The molecule has 2 amide bonds. The van der Waals surface area contributed by atoms with E-state index in [1.54, 1.807) is 11.0 Å². The van der Waals surface area contributed by atoms with Gasteiger partial charge in [0, 0.05) is 19.1 Å². The highest BCUT2D eigenvalue weighted by molar-refractivity contribution is 5.88. The summed E-state index contributed by atoms with van der Waals surface area (Å²) in [5, 5.41) is 4.17. The molecule has 3 heterocycles. The fraction of sp³-hybridized carbons (Fsp3) is 0.733. The summed E-state index contributed by atoms with van der Waals surface area (Å²) in [4.78, 5) is 31.9. The molecule has 2 saturated heterocycles. The van der Waals surface area contributed by atoms with Gasteiger partial charge in [-0.3, -0.25) is 14.5 Å². The van der Waals surface area contributed by atoms with Crippen LogP contribution in [0.5, 0.6) is 0 Å². The molecule has 2 aliphatic rings. The van der Waals surface area contributed by atoms with E-state index in [-0.39, 0.29) is 29.9 Å². The van der Waals surface area contributed by atoms with Crippen LogP contribution in [0.2, 0.25) is 0 Å². The number of amides is 2. The molecule has 23 heavy (non-hydrogen) atoms. The fourth-order valence-corrected chi connectivity index (χ4v) is 3.58. The molecule has 0 saturated carbocycles. The number of primary amides is 1. The van der Waals surface area contributed by atoms with Crippen LogP contribution in [0.25, 0.3) is 0 Å². The van der Waals surface area contributed by atoms with Gasteiger partial charge in [-0.25, -0.2) is 9.67 Å². The summed E-state index contributed by atoms with van der Waals surface area (Å²) in [6, 6.07) is 0.353. The number of rotatable bonds is 4. The van der Waals surface area contributed by atoms with E-state index in [4.69, 9.17) is 5.73 Å². The number of nitrogens with zero attached hydrogens (tertiary/aromatic N) is 5. The fourth-order valence-electron chi connectivity index (χ4n) is 3.58. The Morgan fingerprint density at radius 3 is 2.74 bits per heavy atom. The lowest BCUT2D eigenvalue weighted by Crippen LogP contribution is -2.48. The number of nitrogens with two attached hydrogens (primary N) is 1. The zero-order valence-electron chi connectivity index (χ0n) is 13.7. The number of hydrogen-bond acceptors (Lipinski definition) is 5. The normalized spacial score (nSPS) is 26.2. The lowest BCUT2D eigenvalue weighted by molar-refractivity contribution is -0.134. The van der Waals surface area contributed by atoms with E-state index in [0.29, 0.717) is 0 Å². The Morgan fingerprint density at radius 2 is 2.13 bits per heavy atom. The van der Waals surface area contributed by atoms with Gasteiger partial charge in [0.25, 0.3) is 5.91 Å². The van der Waals surface area contributed by atoms with E-state index in [0.717, 1.165) is 38.9 Å². The van der Waals surface area contributed by atoms with Crippen molar-refractivity contribution in [3.05, 3.63) is 12.2 Å². The van der Waals surface area contributed by atoms with Crippen molar-refractivity contribution >= 4 is 11.8 Å². The van der Waals surface area contributed by atoms with Crippen LogP contribution < -0.4 is 5.73 Å². The summed E-state index contributed by atoms with van der Waals surface area (Å²) in [6.07, 6.45) is 4.41. The van der Waals surface area contributed by atoms with Crippen LogP contribution in [0.1, 0.15) is 49.8 Å². The van der Waals surface area contributed by atoms with Crippen LogP contribution in [0, 0.1) is 0 Å². The second-order valence-corrected chi connectivity index (χ2v) is 6.63. The third-order valence-electron chi connectivity index (χ3n) is 4.81. The van der Waals surface area contributed by atoms with Crippen LogP contribution in [-0.2, 0) is 4.79 Å². The van der Waals surface area contributed by atoms with Gasteiger partial charge in [-0.1, -0.05) is 0 Å². The molecular weight excluding hydrogens is 296 g/mol. The van der Waals surface area contributed by atoms with Crippen molar-refractivity contribution in [3.63, 3.8) is 0 Å². The molecule has 0 aromatic carbocycles. The highest BCUT2D eigenvalue weighted by Crippen LogP contribution is 2.27. The molecule has 0 unspecified atom stereocenters. The van der Waals surface area contributed by atoms with Crippen molar-refractivity contribution in [2.75, 3.05) is 19.6 Å². The van der Waals surface area contributed by atoms with E-state index in [2.05, 4.69) is 28.8 Å². The van der Waals surface area contributed by atoms with Gasteiger partial charge < -0.3 is 10.6 Å². The molecule has 3 rings (SSSR count). The monoisotopic (exact) mass is 320 g/mol. The number of piperidine rings is 1. The van der Waals surface area contributed by atoms with Crippen molar-refractivity contribution in [2.24, 2.45) is 5.73 Å². The number of carbonyl (C=O) groups is 2. The van der Waals surface area contributed by atoms with E-state index in [1.807, 2.05) is 4.90 Å². The number of aromatic nitrogens is 3. The van der Waals surface area contributed by atoms with Crippen molar-refractivity contribution < 1.29 is 9.59 Å². The molecule has 126 valence electrons. The molecule has 0 aliphatic carbocycles. The van der Waals surface area contributed by atoms with Crippen LogP contribution >= 0.6 is 0 Å². The number of hydrogen-bond donors (Lipinski definition) is 1. The first-order valence-electron chi connectivity index (χ1n) is 8.23. The van der Waals surface area contributed by atoms with Gasteiger partial charge in [-0.05, 0) is 39.7 Å². The highest BCUT2D eigenvalue weighted by atomic mass is 16.2. The van der Waals surface area contributed by atoms with E-state index < -0.39 is 5.91 Å². The smallest absolute Gasteiger partial charge is 0.288 e. The maximum atomic E-state index is 12.6. The lowest BCUT2D eigenvalue weighted by atomic mass is 10.0. The van der Waals surface area contributed by atoms with Crippen LogP contribution in [-0.4, -0.2) is 68.1 Å². The van der Waals surface area contributed by atoms with E-state index in [1.165, 1.54) is 0 Å². The van der Waals surface area contributed by atoms with Gasteiger partial charge in [0.15, 0.2) is 0 Å². The minimum absolute atomic E-state index is 0.0284. The highest BCUT2D eigenvalue weighted by Gasteiger charge is 2.39. The van der Waals surface area contributed by atoms with Gasteiger partial charge in [0.05, 0.1) is 12.1 Å². The predicted octanol–water partition coefficient (Wildman–Crippen LogP) is 0.0232. The minimum atomic E-state index is -0.616. The maximum Gasteiger partial charge on any atom is 0.288 e. The van der Waals surface area contributed by atoms with Crippen molar-refractivity contribution in [1.29, 1.82) is 0 Å². The second-order valence-electron chi connectivity index (χ2n) is 6.63. The quantitative estimate of drug-likeness (QED) is 0.843. The Balaban J connectivity index is 1.69. The van der Waals surface area contributed by atoms with Gasteiger partial charge in [-0.15, -0.1) is 5.10 Å². The summed E-state index contributed by atoms with van der Waals surface area (Å²) in [5.41, 5.74) is 5.21. The summed E-state index contributed by atoms with van der Waals surface area (Å²) < 4.78 is 1.71. The molecular formula is C15H24N6O2. The van der Waals surface area contributed by atoms with E-state index in [9.17, 15) is 9.59 Å². The first-order valence-corrected chi connectivity index (χ1v) is 8.23. The molecule has 1 aromatic heterocycles. The summed E-state index contributed by atoms with van der Waals surface area (Å²) in [6.45, 7) is 6.62. The van der Waals surface area contributed by atoms with Gasteiger partial charge >= 0.3 is 0 Å². The summed E-state index contributed by atoms with van der Waals surface area (Å²) in [7, 11) is 0. The van der Waals surface area contributed by atoms with Crippen LogP contribution in [0.3, 0.4) is 0 Å². The van der Waals surface area contributed by atoms with Gasteiger partial charge in [0.2, 0.25) is 11.7 Å².